The highest BCUT2D eigenvalue weighted by molar-refractivity contribution is 5.85. The summed E-state index contributed by atoms with van der Waals surface area (Å²) in [5, 5.41) is 0. The van der Waals surface area contributed by atoms with Gasteiger partial charge in [0, 0.05) is 11.8 Å². The van der Waals surface area contributed by atoms with E-state index in [1.807, 2.05) is 0 Å². The Morgan fingerprint density at radius 3 is 1.46 bits per heavy atom. The van der Waals surface area contributed by atoms with Gasteiger partial charge in [-0.05, 0) is 44.5 Å². The largest absolute Gasteiger partial charge is 0.348 e. The summed E-state index contributed by atoms with van der Waals surface area (Å²) in [6.07, 6.45) is 4.83. The first-order chi connectivity index (χ1) is 19.3. The van der Waals surface area contributed by atoms with E-state index in [4.69, 9.17) is 4.74 Å². The maximum absolute atomic E-state index is 7.62. The van der Waals surface area contributed by atoms with Gasteiger partial charge in [-0.2, -0.15) is 0 Å². The van der Waals surface area contributed by atoms with E-state index in [9.17, 15) is 0 Å². The Labute approximate surface area is 229 Å². The summed E-state index contributed by atoms with van der Waals surface area (Å²) in [5.41, 5.74) is 8.92. The summed E-state index contributed by atoms with van der Waals surface area (Å²) >= 11 is 0. The molecule has 0 spiro atoms. The zero-order valence-corrected chi connectivity index (χ0v) is 21.6. The second-order valence-electron chi connectivity index (χ2n) is 10.8. The molecule has 4 atom stereocenters. The third kappa shape index (κ3) is 3.00. The third-order valence-electron chi connectivity index (χ3n) is 8.95. The van der Waals surface area contributed by atoms with Crippen molar-refractivity contribution in [2.45, 2.75) is 11.2 Å². The van der Waals surface area contributed by atoms with Gasteiger partial charge in [-0.3, -0.25) is 0 Å². The van der Waals surface area contributed by atoms with Gasteiger partial charge in [0.2, 0.25) is 0 Å². The highest BCUT2D eigenvalue weighted by Crippen LogP contribution is 2.72. The average molecular weight is 501 g/mol. The molecule has 39 heavy (non-hydrogen) atoms. The van der Waals surface area contributed by atoms with Gasteiger partial charge >= 0.3 is 0 Å². The van der Waals surface area contributed by atoms with Crippen LogP contribution in [0.25, 0.3) is 5.57 Å². The van der Waals surface area contributed by atoms with Crippen molar-refractivity contribution >= 4 is 5.57 Å². The molecule has 0 radical (unpaired) electrons. The first-order valence-electron chi connectivity index (χ1n) is 13.8. The van der Waals surface area contributed by atoms with Crippen LogP contribution in [0.15, 0.2) is 163 Å². The van der Waals surface area contributed by atoms with Crippen molar-refractivity contribution in [3.8, 4) is 0 Å². The molecule has 0 N–H and O–H groups in total. The molecule has 0 saturated carbocycles. The number of rotatable bonds is 4. The van der Waals surface area contributed by atoms with Crippen molar-refractivity contribution in [2.24, 2.45) is 11.8 Å². The van der Waals surface area contributed by atoms with Crippen LogP contribution in [-0.2, 0) is 15.9 Å². The van der Waals surface area contributed by atoms with Gasteiger partial charge in [0.25, 0.3) is 0 Å². The normalized spacial score (nSPS) is 25.9. The first kappa shape index (κ1) is 22.5. The lowest BCUT2D eigenvalue weighted by Gasteiger charge is -2.38. The van der Waals surface area contributed by atoms with Crippen LogP contribution in [0.2, 0.25) is 0 Å². The summed E-state index contributed by atoms with van der Waals surface area (Å²) in [6.45, 7) is 0. The average Bonchev–Trinajstić information content (AvgIpc) is 3.68. The predicted octanol–water partition coefficient (Wildman–Crippen LogP) is 8.52. The standard InChI is InChI=1S/C38H28O/c1-5-15-27(16-6-1)35(28-17-7-2-8-18-28)31-25-26-34-36(31)38(30-21-11-4-12-22-30)33-24-14-13-23-32(33)37(34,39-38)29-19-9-3-10-20-29/h1-26,34,36H/t34-,36+,37+,38-/m1/s1. The molecular formula is C38H28O. The fourth-order valence-corrected chi connectivity index (χ4v) is 7.55. The number of hydrogen-bond acceptors (Lipinski definition) is 1. The van der Waals surface area contributed by atoms with E-state index >= 15 is 0 Å². The van der Waals surface area contributed by atoms with Gasteiger partial charge in [-0.15, -0.1) is 0 Å². The molecule has 1 heteroatoms. The Balaban J connectivity index is 1.48. The minimum atomic E-state index is -0.605. The van der Waals surface area contributed by atoms with Crippen molar-refractivity contribution in [3.63, 3.8) is 0 Å². The smallest absolute Gasteiger partial charge is 0.128 e. The molecule has 1 aliphatic carbocycles. The van der Waals surface area contributed by atoms with Crippen LogP contribution in [0, 0.1) is 11.8 Å². The summed E-state index contributed by atoms with van der Waals surface area (Å²) < 4.78 is 7.62. The number of hydrogen-bond donors (Lipinski definition) is 0. The molecular weight excluding hydrogens is 472 g/mol. The molecule has 2 aliphatic heterocycles. The minimum Gasteiger partial charge on any atom is -0.348 e. The van der Waals surface area contributed by atoms with E-state index in [1.54, 1.807) is 0 Å². The van der Waals surface area contributed by atoms with Gasteiger partial charge < -0.3 is 4.74 Å². The minimum absolute atomic E-state index is 0.116. The summed E-state index contributed by atoms with van der Waals surface area (Å²) in [5.74, 6) is 0.276. The van der Waals surface area contributed by atoms with Crippen LogP contribution in [0.4, 0.5) is 0 Å². The first-order valence-corrected chi connectivity index (χ1v) is 13.8. The van der Waals surface area contributed by atoms with Gasteiger partial charge in [0.05, 0.1) is 0 Å². The third-order valence-corrected chi connectivity index (χ3v) is 8.95. The zero-order valence-electron chi connectivity index (χ0n) is 21.6. The molecule has 1 nitrogen and oxygen atoms in total. The van der Waals surface area contributed by atoms with Crippen molar-refractivity contribution < 1.29 is 4.74 Å². The lowest BCUT2D eigenvalue weighted by Crippen LogP contribution is -2.38. The quantitative estimate of drug-likeness (QED) is 0.240. The van der Waals surface area contributed by atoms with Crippen LogP contribution in [0.3, 0.4) is 0 Å². The predicted molar refractivity (Wildman–Crippen MR) is 157 cm³/mol. The van der Waals surface area contributed by atoms with Crippen LogP contribution in [0.1, 0.15) is 33.4 Å². The number of allylic oxidation sites excluding steroid dienone is 1. The monoisotopic (exact) mass is 500 g/mol. The van der Waals surface area contributed by atoms with E-state index in [0.29, 0.717) is 0 Å². The Morgan fingerprint density at radius 1 is 0.487 bits per heavy atom. The van der Waals surface area contributed by atoms with Crippen LogP contribution in [-0.4, -0.2) is 0 Å². The highest BCUT2D eigenvalue weighted by Gasteiger charge is 2.72. The van der Waals surface area contributed by atoms with Crippen LogP contribution < -0.4 is 0 Å². The number of benzene rings is 5. The molecule has 0 aromatic heterocycles. The maximum Gasteiger partial charge on any atom is 0.128 e. The molecule has 0 unspecified atom stereocenters. The van der Waals surface area contributed by atoms with Crippen molar-refractivity contribution in [1.82, 2.24) is 0 Å². The molecule has 5 aromatic rings. The topological polar surface area (TPSA) is 9.23 Å². The lowest BCUT2D eigenvalue weighted by atomic mass is 9.60. The van der Waals surface area contributed by atoms with Crippen molar-refractivity contribution in [2.75, 3.05) is 0 Å². The van der Waals surface area contributed by atoms with Gasteiger partial charge in [0.1, 0.15) is 11.2 Å². The van der Waals surface area contributed by atoms with Crippen molar-refractivity contribution in [1.29, 1.82) is 0 Å². The van der Waals surface area contributed by atoms with Crippen molar-refractivity contribution in [3.05, 3.63) is 197 Å². The van der Waals surface area contributed by atoms with Gasteiger partial charge in [0.15, 0.2) is 0 Å². The van der Waals surface area contributed by atoms with E-state index in [-0.39, 0.29) is 11.8 Å². The van der Waals surface area contributed by atoms with Crippen LogP contribution >= 0.6 is 0 Å². The second kappa shape index (κ2) is 8.53. The van der Waals surface area contributed by atoms with Gasteiger partial charge in [-0.1, -0.05) is 158 Å². The molecule has 3 aliphatic rings. The lowest BCUT2D eigenvalue weighted by molar-refractivity contribution is -0.0529. The fraction of sp³-hybridized carbons (Fsp3) is 0.105. The van der Waals surface area contributed by atoms with Crippen LogP contribution in [0.5, 0.6) is 0 Å². The molecule has 2 bridgehead atoms. The summed E-state index contributed by atoms with van der Waals surface area (Å²) in [7, 11) is 0. The maximum atomic E-state index is 7.62. The number of ether oxygens (including phenoxy) is 1. The number of fused-ring (bicyclic) bond motifs is 8. The van der Waals surface area contributed by atoms with E-state index < -0.39 is 11.2 Å². The second-order valence-corrected chi connectivity index (χ2v) is 10.8. The molecule has 2 heterocycles. The summed E-state index contributed by atoms with van der Waals surface area (Å²) in [6, 6.07) is 52.4. The van der Waals surface area contributed by atoms with E-state index in [1.165, 1.54) is 44.5 Å². The molecule has 1 fully saturated rings. The Bertz CT molecular complexity index is 1680. The molecule has 1 saturated heterocycles. The zero-order chi connectivity index (χ0) is 25.9. The molecule has 186 valence electrons. The molecule has 0 amide bonds. The van der Waals surface area contributed by atoms with E-state index in [0.717, 1.165) is 0 Å². The summed E-state index contributed by atoms with van der Waals surface area (Å²) in [4.78, 5) is 0. The highest BCUT2D eigenvalue weighted by atomic mass is 16.5. The SMILES string of the molecule is C1=C[C@@H]2[C@H](C1=C(c1ccccc1)c1ccccc1)[C@]1(c3ccccc3)O[C@@]2(c2ccccc2)c2ccccc21. The van der Waals surface area contributed by atoms with Gasteiger partial charge in [-0.25, -0.2) is 0 Å². The molecule has 8 rings (SSSR count). The fourth-order valence-electron chi connectivity index (χ4n) is 7.55. The Kier molecular flexibility index (Phi) is 4.92. The van der Waals surface area contributed by atoms with E-state index in [2.05, 4.69) is 158 Å². The Hall–Kier alpha value is -4.46. The Morgan fingerprint density at radius 2 is 0.923 bits per heavy atom. The molecule has 5 aromatic carbocycles.